The first-order chi connectivity index (χ1) is 7.83. The Balaban J connectivity index is 2.51. The molecule has 0 bridgehead atoms. The van der Waals surface area contributed by atoms with E-state index in [4.69, 9.17) is 4.74 Å². The average Bonchev–Trinajstić information content (AvgIpc) is 2.26. The quantitative estimate of drug-likeness (QED) is 0.752. The predicted molar refractivity (Wildman–Crippen MR) is 69.0 cm³/mol. The van der Waals surface area contributed by atoms with Gasteiger partial charge in [-0.15, -0.1) is 0 Å². The van der Waals surface area contributed by atoms with E-state index in [0.29, 0.717) is 12.6 Å². The van der Waals surface area contributed by atoms with Crippen LogP contribution in [0.25, 0.3) is 0 Å². The van der Waals surface area contributed by atoms with Gasteiger partial charge in [0.1, 0.15) is 5.60 Å². The van der Waals surface area contributed by atoms with Crippen molar-refractivity contribution >= 4 is 6.09 Å². The number of hydrogen-bond donors (Lipinski definition) is 1. The zero-order valence-corrected chi connectivity index (χ0v) is 11.5. The SMILES string of the molecule is CNC(C)C1=CCN(C(=O)OC(C)(C)C)CC1. The Morgan fingerprint density at radius 1 is 1.53 bits per heavy atom. The van der Waals surface area contributed by atoms with Crippen LogP contribution in [0.15, 0.2) is 11.6 Å². The van der Waals surface area contributed by atoms with Crippen molar-refractivity contribution in [2.45, 2.75) is 45.8 Å². The molecule has 1 unspecified atom stereocenters. The number of rotatable bonds is 2. The van der Waals surface area contributed by atoms with Crippen LogP contribution in [-0.4, -0.2) is 42.8 Å². The molecule has 0 aromatic heterocycles. The van der Waals surface area contributed by atoms with E-state index in [2.05, 4.69) is 18.3 Å². The van der Waals surface area contributed by atoms with E-state index in [-0.39, 0.29) is 6.09 Å². The summed E-state index contributed by atoms with van der Waals surface area (Å²) in [5, 5.41) is 3.21. The Bertz CT molecular complexity index is 305. The van der Waals surface area contributed by atoms with Gasteiger partial charge in [-0.3, -0.25) is 0 Å². The minimum absolute atomic E-state index is 0.218. The van der Waals surface area contributed by atoms with Crippen LogP contribution in [0.5, 0.6) is 0 Å². The minimum atomic E-state index is -0.417. The van der Waals surface area contributed by atoms with Gasteiger partial charge in [-0.2, -0.15) is 0 Å². The first-order valence-electron chi connectivity index (χ1n) is 6.17. The van der Waals surface area contributed by atoms with Gasteiger partial charge in [-0.1, -0.05) is 11.6 Å². The number of hydrogen-bond acceptors (Lipinski definition) is 3. The van der Waals surface area contributed by atoms with Crippen LogP contribution in [0.2, 0.25) is 0 Å². The molecule has 1 heterocycles. The van der Waals surface area contributed by atoms with Crippen molar-refractivity contribution in [3.8, 4) is 0 Å². The first-order valence-corrected chi connectivity index (χ1v) is 6.17. The van der Waals surface area contributed by atoms with E-state index in [0.717, 1.165) is 13.0 Å². The molecule has 98 valence electrons. The highest BCUT2D eigenvalue weighted by Crippen LogP contribution is 2.17. The van der Waals surface area contributed by atoms with Gasteiger partial charge in [0.2, 0.25) is 0 Å². The molecule has 17 heavy (non-hydrogen) atoms. The molecule has 1 aliphatic rings. The molecule has 1 atom stereocenters. The standard InChI is InChI=1S/C13H24N2O2/c1-10(14-5)11-6-8-15(9-7-11)12(16)17-13(2,3)4/h6,10,14H,7-9H2,1-5H3. The van der Waals surface area contributed by atoms with Gasteiger partial charge < -0.3 is 15.0 Å². The van der Waals surface area contributed by atoms with E-state index in [1.54, 1.807) is 4.90 Å². The highest BCUT2D eigenvalue weighted by Gasteiger charge is 2.24. The predicted octanol–water partition coefficient (Wildman–Crippen LogP) is 2.16. The fourth-order valence-electron chi connectivity index (χ4n) is 1.76. The van der Waals surface area contributed by atoms with Crippen LogP contribution in [0.1, 0.15) is 34.1 Å². The van der Waals surface area contributed by atoms with Crippen molar-refractivity contribution in [2.75, 3.05) is 20.1 Å². The summed E-state index contributed by atoms with van der Waals surface area (Å²) in [4.78, 5) is 13.6. The molecule has 0 radical (unpaired) electrons. The summed E-state index contributed by atoms with van der Waals surface area (Å²) in [6.45, 7) is 9.19. The van der Waals surface area contributed by atoms with E-state index in [9.17, 15) is 4.79 Å². The molecule has 1 aliphatic heterocycles. The molecule has 0 aliphatic carbocycles. The number of ether oxygens (including phenoxy) is 1. The van der Waals surface area contributed by atoms with Crippen molar-refractivity contribution in [1.29, 1.82) is 0 Å². The van der Waals surface area contributed by atoms with Crippen molar-refractivity contribution in [2.24, 2.45) is 0 Å². The van der Waals surface area contributed by atoms with Crippen LogP contribution in [0, 0.1) is 0 Å². The summed E-state index contributed by atoms with van der Waals surface area (Å²) in [6, 6.07) is 0.385. The van der Waals surface area contributed by atoms with E-state index >= 15 is 0 Å². The molecule has 1 N–H and O–H groups in total. The maximum Gasteiger partial charge on any atom is 0.410 e. The molecule has 0 spiro atoms. The molecule has 0 saturated heterocycles. The minimum Gasteiger partial charge on any atom is -0.444 e. The fourth-order valence-corrected chi connectivity index (χ4v) is 1.76. The van der Waals surface area contributed by atoms with E-state index in [1.165, 1.54) is 5.57 Å². The maximum atomic E-state index is 11.8. The zero-order valence-electron chi connectivity index (χ0n) is 11.5. The largest absolute Gasteiger partial charge is 0.444 e. The lowest BCUT2D eigenvalue weighted by Gasteiger charge is -2.30. The van der Waals surface area contributed by atoms with Crippen molar-refractivity contribution in [3.63, 3.8) is 0 Å². The molecule has 0 aromatic carbocycles. The summed E-state index contributed by atoms with van der Waals surface area (Å²) in [5.41, 5.74) is 0.951. The summed E-state index contributed by atoms with van der Waals surface area (Å²) >= 11 is 0. The summed E-state index contributed by atoms with van der Waals surface area (Å²) in [7, 11) is 1.95. The average molecular weight is 240 g/mol. The zero-order chi connectivity index (χ0) is 13.1. The number of carbonyl (C=O) groups is 1. The van der Waals surface area contributed by atoms with Gasteiger partial charge in [-0.05, 0) is 41.2 Å². The third-order valence-corrected chi connectivity index (χ3v) is 2.89. The topological polar surface area (TPSA) is 41.6 Å². The number of amides is 1. The third-order valence-electron chi connectivity index (χ3n) is 2.89. The Labute approximate surface area is 104 Å². The van der Waals surface area contributed by atoms with Crippen molar-refractivity contribution < 1.29 is 9.53 Å². The Hall–Kier alpha value is -1.03. The van der Waals surface area contributed by atoms with Crippen LogP contribution >= 0.6 is 0 Å². The molecule has 0 saturated carbocycles. The maximum absolute atomic E-state index is 11.8. The lowest BCUT2D eigenvalue weighted by Crippen LogP contribution is -2.40. The molecule has 0 fully saturated rings. The normalized spacial score (nSPS) is 18.6. The van der Waals surface area contributed by atoms with E-state index < -0.39 is 5.60 Å². The van der Waals surface area contributed by atoms with Crippen LogP contribution in [0.3, 0.4) is 0 Å². The Kier molecular flexibility index (Phi) is 4.57. The molecular formula is C13H24N2O2. The number of nitrogens with zero attached hydrogens (tertiary/aromatic N) is 1. The van der Waals surface area contributed by atoms with Crippen molar-refractivity contribution in [1.82, 2.24) is 10.2 Å². The van der Waals surface area contributed by atoms with Crippen molar-refractivity contribution in [3.05, 3.63) is 11.6 Å². The Morgan fingerprint density at radius 2 is 2.18 bits per heavy atom. The first kappa shape index (κ1) is 14.0. The lowest BCUT2D eigenvalue weighted by molar-refractivity contribution is 0.0264. The highest BCUT2D eigenvalue weighted by molar-refractivity contribution is 5.68. The molecule has 4 heteroatoms. The highest BCUT2D eigenvalue weighted by atomic mass is 16.6. The van der Waals surface area contributed by atoms with Gasteiger partial charge in [0.05, 0.1) is 0 Å². The lowest BCUT2D eigenvalue weighted by atomic mass is 10.0. The molecule has 1 rings (SSSR count). The molecule has 4 nitrogen and oxygen atoms in total. The van der Waals surface area contributed by atoms with E-state index in [1.807, 2.05) is 27.8 Å². The Morgan fingerprint density at radius 3 is 2.59 bits per heavy atom. The van der Waals surface area contributed by atoms with Gasteiger partial charge in [0.15, 0.2) is 0 Å². The molecule has 1 amide bonds. The van der Waals surface area contributed by atoms with Crippen LogP contribution in [0.4, 0.5) is 4.79 Å². The van der Waals surface area contributed by atoms with Gasteiger partial charge in [-0.25, -0.2) is 4.79 Å². The third kappa shape index (κ3) is 4.38. The van der Waals surface area contributed by atoms with Crippen LogP contribution in [-0.2, 0) is 4.74 Å². The number of carbonyl (C=O) groups excluding carboxylic acids is 1. The van der Waals surface area contributed by atoms with Gasteiger partial charge >= 0.3 is 6.09 Å². The van der Waals surface area contributed by atoms with Gasteiger partial charge in [0.25, 0.3) is 0 Å². The number of nitrogens with one attached hydrogen (secondary N) is 1. The summed E-state index contributed by atoms with van der Waals surface area (Å²) < 4.78 is 5.34. The van der Waals surface area contributed by atoms with Gasteiger partial charge in [0, 0.05) is 19.1 Å². The van der Waals surface area contributed by atoms with Crippen LogP contribution < -0.4 is 5.32 Å². The second-order valence-electron chi connectivity index (χ2n) is 5.47. The monoisotopic (exact) mass is 240 g/mol. The second kappa shape index (κ2) is 5.54. The number of likely N-dealkylation sites (N-methyl/N-ethyl adjacent to an activating group) is 1. The summed E-state index contributed by atoms with van der Waals surface area (Å²) in [5.74, 6) is 0. The molecular weight excluding hydrogens is 216 g/mol. The fraction of sp³-hybridized carbons (Fsp3) is 0.769. The summed E-state index contributed by atoms with van der Waals surface area (Å²) in [6.07, 6.45) is 2.82. The second-order valence-corrected chi connectivity index (χ2v) is 5.47. The molecule has 0 aromatic rings. The smallest absolute Gasteiger partial charge is 0.410 e.